The minimum Gasteiger partial charge on any atom is -0.374 e. The molecule has 3 heterocycles. The molecule has 5 rings (SSSR count). The van der Waals surface area contributed by atoms with E-state index in [1.54, 1.807) is 36.4 Å². The van der Waals surface area contributed by atoms with Crippen LogP contribution in [0.25, 0.3) is 22.2 Å². The highest BCUT2D eigenvalue weighted by molar-refractivity contribution is 14.1. The van der Waals surface area contributed by atoms with Crippen LogP contribution in [-0.2, 0) is 19.7 Å². The Balaban J connectivity index is 1.84. The van der Waals surface area contributed by atoms with Gasteiger partial charge in [-0.05, 0) is 69.6 Å². The standard InChI is InChI=1S/C28H21IN4O2/c1-4-18-6-5-7-19(12-18)23-14-26(34)33(3)27-24(23)13-21(15-31-27)28(35,25-16-30-17-32(25)2)20-8-10-22(29)11-9-20/h1,5-17,35H,2-3H3/t28-/m1/s1. The third-order valence-corrected chi connectivity index (χ3v) is 7.00. The molecule has 0 saturated carbocycles. The quantitative estimate of drug-likeness (QED) is 0.259. The molecule has 3 aromatic heterocycles. The monoisotopic (exact) mass is 572 g/mol. The number of pyridine rings is 2. The van der Waals surface area contributed by atoms with E-state index < -0.39 is 5.60 Å². The average molecular weight is 572 g/mol. The molecular formula is C28H21IN4O2. The zero-order chi connectivity index (χ0) is 24.7. The minimum atomic E-state index is -1.52. The van der Waals surface area contributed by atoms with E-state index in [2.05, 4.69) is 38.5 Å². The summed E-state index contributed by atoms with van der Waals surface area (Å²) >= 11 is 2.24. The summed E-state index contributed by atoms with van der Waals surface area (Å²) in [7, 11) is 3.53. The summed E-state index contributed by atoms with van der Waals surface area (Å²) in [6, 6.07) is 18.7. The van der Waals surface area contributed by atoms with E-state index in [1.165, 1.54) is 4.57 Å². The Morgan fingerprint density at radius 1 is 1.03 bits per heavy atom. The summed E-state index contributed by atoms with van der Waals surface area (Å²) < 4.78 is 4.35. The van der Waals surface area contributed by atoms with Crippen molar-refractivity contribution in [2.24, 2.45) is 14.1 Å². The maximum absolute atomic E-state index is 12.8. The van der Waals surface area contributed by atoms with Crippen LogP contribution in [0, 0.1) is 15.9 Å². The Labute approximate surface area is 216 Å². The van der Waals surface area contributed by atoms with Crippen molar-refractivity contribution in [3.63, 3.8) is 0 Å². The van der Waals surface area contributed by atoms with Gasteiger partial charge in [0.05, 0.1) is 18.2 Å². The summed E-state index contributed by atoms with van der Waals surface area (Å²) in [4.78, 5) is 21.7. The van der Waals surface area contributed by atoms with Gasteiger partial charge < -0.3 is 9.67 Å². The van der Waals surface area contributed by atoms with Crippen molar-refractivity contribution in [1.82, 2.24) is 19.1 Å². The van der Waals surface area contributed by atoms with Gasteiger partial charge in [-0.25, -0.2) is 9.97 Å². The number of benzene rings is 2. The van der Waals surface area contributed by atoms with Gasteiger partial charge in [-0.3, -0.25) is 9.36 Å². The number of hydrogen-bond acceptors (Lipinski definition) is 4. The molecule has 6 nitrogen and oxygen atoms in total. The second kappa shape index (κ2) is 8.80. The Morgan fingerprint density at radius 3 is 2.49 bits per heavy atom. The van der Waals surface area contributed by atoms with E-state index in [0.717, 1.165) is 14.5 Å². The van der Waals surface area contributed by atoms with E-state index >= 15 is 0 Å². The maximum atomic E-state index is 12.8. The summed E-state index contributed by atoms with van der Waals surface area (Å²) in [6.45, 7) is 0. The highest BCUT2D eigenvalue weighted by atomic mass is 127. The van der Waals surface area contributed by atoms with Crippen LogP contribution in [0.2, 0.25) is 0 Å². The Hall–Kier alpha value is -3.74. The molecule has 0 spiro atoms. The first-order valence-corrected chi connectivity index (χ1v) is 11.9. The molecule has 0 radical (unpaired) electrons. The molecule has 1 N–H and O–H groups in total. The molecule has 0 saturated heterocycles. The van der Waals surface area contributed by atoms with Gasteiger partial charge in [-0.2, -0.15) is 0 Å². The lowest BCUT2D eigenvalue weighted by Gasteiger charge is -2.30. The number of aryl methyl sites for hydroxylation is 2. The van der Waals surface area contributed by atoms with Crippen molar-refractivity contribution in [2.75, 3.05) is 0 Å². The largest absolute Gasteiger partial charge is 0.374 e. The van der Waals surface area contributed by atoms with Gasteiger partial charge in [0.15, 0.2) is 5.60 Å². The third-order valence-electron chi connectivity index (χ3n) is 6.28. The molecule has 0 aliphatic carbocycles. The van der Waals surface area contributed by atoms with Crippen LogP contribution in [0.15, 0.2) is 84.2 Å². The molecule has 1 atom stereocenters. The highest BCUT2D eigenvalue weighted by Gasteiger charge is 2.37. The van der Waals surface area contributed by atoms with Crippen molar-refractivity contribution in [3.05, 3.63) is 116 Å². The number of hydrogen-bond donors (Lipinski definition) is 1. The zero-order valence-corrected chi connectivity index (χ0v) is 21.3. The number of terminal acetylenes is 1. The van der Waals surface area contributed by atoms with Crippen molar-refractivity contribution in [3.8, 4) is 23.5 Å². The van der Waals surface area contributed by atoms with Crippen LogP contribution in [-0.4, -0.2) is 24.2 Å². The lowest BCUT2D eigenvalue weighted by Crippen LogP contribution is -2.31. The SMILES string of the molecule is C#Cc1cccc(-c2cc(=O)n(C)c3ncc([C@](O)(c4ccc(I)cc4)c4cncn4C)cc23)c1. The number of aromatic nitrogens is 4. The van der Waals surface area contributed by atoms with E-state index in [-0.39, 0.29) is 5.56 Å². The molecule has 0 bridgehead atoms. The molecule has 0 unspecified atom stereocenters. The first-order chi connectivity index (χ1) is 16.8. The van der Waals surface area contributed by atoms with Crippen LogP contribution in [0.3, 0.4) is 0 Å². The summed E-state index contributed by atoms with van der Waals surface area (Å²) in [6.07, 6.45) is 10.5. The maximum Gasteiger partial charge on any atom is 0.252 e. The molecular weight excluding hydrogens is 551 g/mol. The molecule has 7 heteroatoms. The van der Waals surface area contributed by atoms with E-state index in [9.17, 15) is 9.90 Å². The molecule has 172 valence electrons. The second-order valence-corrected chi connectivity index (χ2v) is 9.63. The van der Waals surface area contributed by atoms with Crippen LogP contribution >= 0.6 is 22.6 Å². The van der Waals surface area contributed by atoms with Gasteiger partial charge in [-0.15, -0.1) is 6.42 Å². The third kappa shape index (κ3) is 3.85. The smallest absolute Gasteiger partial charge is 0.252 e. The van der Waals surface area contributed by atoms with Gasteiger partial charge in [0.1, 0.15) is 5.65 Å². The molecule has 0 aliphatic heterocycles. The van der Waals surface area contributed by atoms with Crippen LogP contribution in [0.5, 0.6) is 0 Å². The van der Waals surface area contributed by atoms with Crippen molar-refractivity contribution in [2.45, 2.75) is 5.60 Å². The van der Waals surface area contributed by atoms with E-state index in [1.807, 2.05) is 61.6 Å². The first kappa shape index (κ1) is 23.0. The minimum absolute atomic E-state index is 0.182. The summed E-state index contributed by atoms with van der Waals surface area (Å²) in [5.41, 5.74) is 2.86. The van der Waals surface area contributed by atoms with Crippen LogP contribution in [0.1, 0.15) is 22.4 Å². The number of rotatable bonds is 4. The Morgan fingerprint density at radius 2 is 1.80 bits per heavy atom. The fourth-order valence-corrected chi connectivity index (χ4v) is 4.76. The molecule has 5 aromatic rings. The fourth-order valence-electron chi connectivity index (χ4n) is 4.40. The number of halogens is 1. The Kier molecular flexibility index (Phi) is 5.79. The number of nitrogens with zero attached hydrogens (tertiary/aromatic N) is 4. The Bertz CT molecular complexity index is 1680. The summed E-state index contributed by atoms with van der Waals surface area (Å²) in [5.74, 6) is 2.65. The van der Waals surface area contributed by atoms with Gasteiger partial charge in [0.25, 0.3) is 5.56 Å². The van der Waals surface area contributed by atoms with E-state index in [0.29, 0.717) is 33.6 Å². The second-order valence-electron chi connectivity index (χ2n) is 8.38. The van der Waals surface area contributed by atoms with Crippen molar-refractivity contribution < 1.29 is 5.11 Å². The average Bonchev–Trinajstić information content (AvgIpc) is 3.32. The van der Waals surface area contributed by atoms with Gasteiger partial charge in [-0.1, -0.05) is 30.2 Å². The lowest BCUT2D eigenvalue weighted by atomic mass is 9.83. The van der Waals surface area contributed by atoms with Gasteiger partial charge >= 0.3 is 0 Å². The molecule has 0 fully saturated rings. The predicted octanol–water partition coefficient (Wildman–Crippen LogP) is 4.20. The number of aliphatic hydroxyl groups is 1. The number of fused-ring (bicyclic) bond motifs is 1. The highest BCUT2D eigenvalue weighted by Crippen LogP contribution is 2.38. The van der Waals surface area contributed by atoms with Gasteiger partial charge in [0, 0.05) is 46.4 Å². The van der Waals surface area contributed by atoms with Crippen molar-refractivity contribution >= 4 is 33.6 Å². The van der Waals surface area contributed by atoms with E-state index in [4.69, 9.17) is 6.42 Å². The van der Waals surface area contributed by atoms with Crippen molar-refractivity contribution in [1.29, 1.82) is 0 Å². The molecule has 0 aliphatic rings. The van der Waals surface area contributed by atoms with Crippen LogP contribution < -0.4 is 5.56 Å². The van der Waals surface area contributed by atoms with Gasteiger partial charge in [0.2, 0.25) is 0 Å². The lowest BCUT2D eigenvalue weighted by molar-refractivity contribution is 0.117. The molecule has 35 heavy (non-hydrogen) atoms. The fraction of sp³-hybridized carbons (Fsp3) is 0.107. The first-order valence-electron chi connectivity index (χ1n) is 10.9. The molecule has 0 amide bonds. The molecule has 2 aromatic carbocycles. The van der Waals surface area contributed by atoms with Crippen LogP contribution in [0.4, 0.5) is 0 Å². The predicted molar refractivity (Wildman–Crippen MR) is 145 cm³/mol. The summed E-state index contributed by atoms with van der Waals surface area (Å²) in [5, 5.41) is 13.0. The zero-order valence-electron chi connectivity index (χ0n) is 19.1. The normalized spacial score (nSPS) is 12.9. The number of imidazole rings is 1. The topological polar surface area (TPSA) is 72.9 Å².